The number of hydrogen-bond acceptors (Lipinski definition) is 3. The molecule has 0 saturated carbocycles. The van der Waals surface area contributed by atoms with Crippen LogP contribution in [0.4, 0.5) is 0 Å². The highest BCUT2D eigenvalue weighted by molar-refractivity contribution is 5.77. The molecule has 98 valence electrons. The van der Waals surface area contributed by atoms with Crippen molar-refractivity contribution in [2.45, 2.75) is 13.5 Å². The Balaban J connectivity index is 1.74. The minimum Gasteiger partial charge on any atom is -0.482 e. The third-order valence-electron chi connectivity index (χ3n) is 2.59. The van der Waals surface area contributed by atoms with E-state index in [1.54, 1.807) is 12.3 Å². The minimum absolute atomic E-state index is 0.00241. The van der Waals surface area contributed by atoms with Crippen LogP contribution in [0.15, 0.2) is 48.7 Å². The third kappa shape index (κ3) is 4.43. The van der Waals surface area contributed by atoms with Crippen molar-refractivity contribution >= 4 is 5.91 Å². The summed E-state index contributed by atoms with van der Waals surface area (Å²) in [7, 11) is 0. The predicted molar refractivity (Wildman–Crippen MR) is 72.8 cm³/mol. The first-order valence-electron chi connectivity index (χ1n) is 6.10. The lowest BCUT2D eigenvalue weighted by Crippen LogP contribution is -2.28. The molecule has 0 fully saturated rings. The van der Waals surface area contributed by atoms with E-state index >= 15 is 0 Å². The first-order valence-corrected chi connectivity index (χ1v) is 6.10. The molecule has 0 atom stereocenters. The molecule has 2 aromatic rings. The predicted octanol–water partition coefficient (Wildman–Crippen LogP) is 2.09. The smallest absolute Gasteiger partial charge is 0.258 e. The van der Waals surface area contributed by atoms with Gasteiger partial charge in [0.1, 0.15) is 5.75 Å². The van der Waals surface area contributed by atoms with Crippen LogP contribution in [0.2, 0.25) is 0 Å². The average molecular weight is 256 g/mol. The van der Waals surface area contributed by atoms with Gasteiger partial charge in [-0.2, -0.15) is 0 Å². The van der Waals surface area contributed by atoms with Crippen molar-refractivity contribution < 1.29 is 9.53 Å². The largest absolute Gasteiger partial charge is 0.482 e. The van der Waals surface area contributed by atoms with Gasteiger partial charge in [0, 0.05) is 12.2 Å². The van der Waals surface area contributed by atoms with Gasteiger partial charge in [-0.3, -0.25) is 9.78 Å². The van der Waals surface area contributed by atoms with Crippen LogP contribution in [0, 0.1) is 6.92 Å². The maximum atomic E-state index is 11.6. The molecule has 4 heteroatoms. The fourth-order valence-corrected chi connectivity index (χ4v) is 1.54. The zero-order chi connectivity index (χ0) is 13.5. The quantitative estimate of drug-likeness (QED) is 0.891. The second-order valence-electron chi connectivity index (χ2n) is 4.19. The molecule has 0 aliphatic carbocycles. The van der Waals surface area contributed by atoms with Gasteiger partial charge in [-0.05, 0) is 24.6 Å². The average Bonchev–Trinajstić information content (AvgIpc) is 2.45. The zero-order valence-electron chi connectivity index (χ0n) is 10.8. The fourth-order valence-electron chi connectivity index (χ4n) is 1.54. The summed E-state index contributed by atoms with van der Waals surface area (Å²) >= 11 is 0. The van der Waals surface area contributed by atoms with Gasteiger partial charge in [0.15, 0.2) is 6.61 Å². The van der Waals surface area contributed by atoms with E-state index in [1.165, 1.54) is 0 Å². The number of nitrogens with one attached hydrogen (secondary N) is 1. The van der Waals surface area contributed by atoms with Gasteiger partial charge < -0.3 is 10.1 Å². The molecular weight excluding hydrogens is 240 g/mol. The van der Waals surface area contributed by atoms with Crippen molar-refractivity contribution in [1.29, 1.82) is 0 Å². The van der Waals surface area contributed by atoms with Crippen LogP contribution < -0.4 is 10.1 Å². The molecule has 0 bridgehead atoms. The maximum absolute atomic E-state index is 11.6. The summed E-state index contributed by atoms with van der Waals surface area (Å²) < 4.78 is 5.34. The normalized spacial score (nSPS) is 9.95. The number of nitrogens with zero attached hydrogens (tertiary/aromatic N) is 1. The summed E-state index contributed by atoms with van der Waals surface area (Å²) in [5, 5.41) is 2.80. The summed E-state index contributed by atoms with van der Waals surface area (Å²) in [4.78, 5) is 15.7. The Morgan fingerprint density at radius 2 is 2.00 bits per heavy atom. The number of amides is 1. The highest BCUT2D eigenvalue weighted by Gasteiger charge is 2.02. The number of aromatic nitrogens is 1. The molecule has 1 aromatic carbocycles. The molecule has 19 heavy (non-hydrogen) atoms. The molecule has 4 nitrogen and oxygen atoms in total. The van der Waals surface area contributed by atoms with Gasteiger partial charge in [0.05, 0.1) is 6.20 Å². The molecule has 1 N–H and O–H groups in total. The molecule has 1 heterocycles. The highest BCUT2D eigenvalue weighted by atomic mass is 16.5. The molecule has 0 aliphatic rings. The van der Waals surface area contributed by atoms with Crippen molar-refractivity contribution in [3.05, 3.63) is 59.9 Å². The number of carbonyl (C=O) groups is 1. The molecule has 1 aromatic heterocycles. The molecule has 2 rings (SSSR count). The van der Waals surface area contributed by atoms with Crippen molar-refractivity contribution in [3.8, 4) is 5.75 Å². The summed E-state index contributed by atoms with van der Waals surface area (Å²) in [6, 6.07) is 13.4. The zero-order valence-corrected chi connectivity index (χ0v) is 10.8. The van der Waals surface area contributed by atoms with E-state index in [0.717, 1.165) is 11.3 Å². The molecule has 0 saturated heterocycles. The van der Waals surface area contributed by atoms with E-state index in [0.29, 0.717) is 12.3 Å². The second-order valence-corrected chi connectivity index (χ2v) is 4.19. The van der Waals surface area contributed by atoms with E-state index in [1.807, 2.05) is 43.3 Å². The summed E-state index contributed by atoms with van der Waals surface area (Å²) in [5.41, 5.74) is 1.98. The number of carbonyl (C=O) groups excluding carboxylic acids is 1. The van der Waals surface area contributed by atoms with E-state index in [9.17, 15) is 4.79 Å². The molecule has 0 radical (unpaired) electrons. The van der Waals surface area contributed by atoms with E-state index in [-0.39, 0.29) is 12.5 Å². The summed E-state index contributed by atoms with van der Waals surface area (Å²) in [5.74, 6) is 0.449. The molecule has 0 spiro atoms. The van der Waals surface area contributed by atoms with Crippen LogP contribution in [0.1, 0.15) is 11.3 Å². The second kappa shape index (κ2) is 6.54. The lowest BCUT2D eigenvalue weighted by atomic mass is 10.2. The van der Waals surface area contributed by atoms with E-state index < -0.39 is 0 Å². The molecule has 0 aliphatic heterocycles. The summed E-state index contributed by atoms with van der Waals surface area (Å²) in [6.07, 6.45) is 1.61. The topological polar surface area (TPSA) is 51.2 Å². The van der Waals surface area contributed by atoms with Gasteiger partial charge in [0.25, 0.3) is 5.91 Å². The Hall–Kier alpha value is -2.36. The van der Waals surface area contributed by atoms with Crippen LogP contribution in [-0.2, 0) is 11.3 Å². The van der Waals surface area contributed by atoms with Gasteiger partial charge in [-0.1, -0.05) is 30.3 Å². The van der Waals surface area contributed by atoms with E-state index in [4.69, 9.17) is 4.74 Å². The van der Waals surface area contributed by atoms with Crippen molar-refractivity contribution in [2.75, 3.05) is 6.61 Å². The molecule has 1 amide bonds. The Bertz CT molecular complexity index is 524. The van der Waals surface area contributed by atoms with Crippen molar-refractivity contribution in [2.24, 2.45) is 0 Å². The minimum atomic E-state index is -0.149. The third-order valence-corrected chi connectivity index (χ3v) is 2.59. The van der Waals surface area contributed by atoms with Crippen LogP contribution in [0.5, 0.6) is 5.75 Å². The highest BCUT2D eigenvalue weighted by Crippen LogP contribution is 2.08. The van der Waals surface area contributed by atoms with Crippen LogP contribution in [0.3, 0.4) is 0 Å². The SMILES string of the molecule is Cc1ccc(OCC(=O)NCc2ccccc2)cn1. The van der Waals surface area contributed by atoms with Gasteiger partial charge in [-0.15, -0.1) is 0 Å². The Kier molecular flexibility index (Phi) is 4.50. The van der Waals surface area contributed by atoms with Crippen LogP contribution in [0.25, 0.3) is 0 Å². The van der Waals surface area contributed by atoms with Gasteiger partial charge >= 0.3 is 0 Å². The lowest BCUT2D eigenvalue weighted by molar-refractivity contribution is -0.123. The molecular formula is C15H16N2O2. The fraction of sp³-hybridized carbons (Fsp3) is 0.200. The van der Waals surface area contributed by atoms with Crippen molar-refractivity contribution in [3.63, 3.8) is 0 Å². The van der Waals surface area contributed by atoms with Gasteiger partial charge in [0.2, 0.25) is 0 Å². The Morgan fingerprint density at radius 3 is 2.68 bits per heavy atom. The summed E-state index contributed by atoms with van der Waals surface area (Å²) in [6.45, 7) is 2.41. The number of aryl methyl sites for hydroxylation is 1. The first-order chi connectivity index (χ1) is 9.24. The number of pyridine rings is 1. The Labute approximate surface area is 112 Å². The number of hydrogen-bond donors (Lipinski definition) is 1. The standard InChI is InChI=1S/C15H16N2O2/c1-12-7-8-14(10-16-12)19-11-15(18)17-9-13-5-3-2-4-6-13/h2-8,10H,9,11H2,1H3,(H,17,18). The first kappa shape index (κ1) is 13.1. The monoisotopic (exact) mass is 256 g/mol. The number of benzene rings is 1. The molecule has 0 unspecified atom stereocenters. The van der Waals surface area contributed by atoms with Crippen LogP contribution >= 0.6 is 0 Å². The maximum Gasteiger partial charge on any atom is 0.258 e. The van der Waals surface area contributed by atoms with Crippen molar-refractivity contribution in [1.82, 2.24) is 10.3 Å². The van der Waals surface area contributed by atoms with Crippen LogP contribution in [-0.4, -0.2) is 17.5 Å². The Morgan fingerprint density at radius 1 is 1.21 bits per heavy atom. The number of ether oxygens (including phenoxy) is 1. The van der Waals surface area contributed by atoms with E-state index in [2.05, 4.69) is 10.3 Å². The van der Waals surface area contributed by atoms with Gasteiger partial charge in [-0.25, -0.2) is 0 Å². The number of rotatable bonds is 5. The lowest BCUT2D eigenvalue weighted by Gasteiger charge is -2.07.